The maximum atomic E-state index is 5.33. The number of benzene rings is 3. The van der Waals surface area contributed by atoms with Crippen LogP contribution in [0.25, 0.3) is 33.8 Å². The van der Waals surface area contributed by atoms with Gasteiger partial charge in [-0.2, -0.15) is 4.57 Å². The minimum absolute atomic E-state index is 0.0355. The first-order valence-electron chi connectivity index (χ1n) is 13.8. The van der Waals surface area contributed by atoms with Gasteiger partial charge >= 0.3 is 0 Å². The highest BCUT2D eigenvalue weighted by Crippen LogP contribution is 2.51. The van der Waals surface area contributed by atoms with Gasteiger partial charge in [-0.15, -0.1) is 0 Å². The van der Waals surface area contributed by atoms with Crippen LogP contribution in [0.4, 0.5) is 0 Å². The van der Waals surface area contributed by atoms with Crippen LogP contribution >= 0.6 is 0 Å². The molecule has 1 aliphatic heterocycles. The second kappa shape index (κ2) is 10.4. The summed E-state index contributed by atoms with van der Waals surface area (Å²) < 4.78 is 2.59. The van der Waals surface area contributed by atoms with Crippen LogP contribution in [0.5, 0.6) is 0 Å². The number of fused-ring (bicyclic) bond motifs is 3. The lowest BCUT2D eigenvalue weighted by Crippen LogP contribution is -2.53. The van der Waals surface area contributed by atoms with Crippen LogP contribution in [0.3, 0.4) is 0 Å². The molecule has 1 atom stereocenters. The van der Waals surface area contributed by atoms with Gasteiger partial charge in [0.1, 0.15) is 11.4 Å². The molecule has 0 spiro atoms. The molecule has 0 fully saturated rings. The Bertz CT molecular complexity index is 1360. The van der Waals surface area contributed by atoms with E-state index in [2.05, 4.69) is 99.1 Å². The van der Waals surface area contributed by atoms with Gasteiger partial charge in [0.05, 0.1) is 5.56 Å². The van der Waals surface area contributed by atoms with E-state index in [0.29, 0.717) is 0 Å². The second-order valence-electron chi connectivity index (χ2n) is 9.67. The predicted octanol–water partition coefficient (Wildman–Crippen LogP) is 8.76. The monoisotopic (exact) mass is 477 g/mol. The van der Waals surface area contributed by atoms with Crippen molar-refractivity contribution in [3.8, 4) is 33.8 Å². The van der Waals surface area contributed by atoms with Crippen molar-refractivity contribution in [1.82, 2.24) is 4.98 Å². The Hall–Kier alpha value is -3.26. The summed E-state index contributed by atoms with van der Waals surface area (Å²) >= 11 is 0. The molecule has 2 heteroatoms. The molecule has 2 nitrogen and oxygen atoms in total. The second-order valence-corrected chi connectivity index (χ2v) is 9.67. The standard InChI is InChI=1S/C30H29N2.2C2H6/c1-5-30-12-11-23-14-21(4)17-25(27(23)30)29-28(24-15-19(2)13-20(3)16-24)31-26(18-32(29)30)22-9-7-6-8-10-22;2*1-2/h6-10,13-18H,5,11-12H2,1-4H3;2*1-2H3/q+1;;/t30-;;/m0../s1. The molecular formula is C34H41N2+. The summed E-state index contributed by atoms with van der Waals surface area (Å²) in [4.78, 5) is 5.33. The number of nitrogens with zero attached hydrogens (tertiary/aromatic N) is 2. The molecule has 36 heavy (non-hydrogen) atoms. The smallest absolute Gasteiger partial charge is 0.234 e. The molecule has 1 aromatic heterocycles. The van der Waals surface area contributed by atoms with Gasteiger partial charge in [-0.25, -0.2) is 4.98 Å². The Morgan fingerprint density at radius 3 is 2.08 bits per heavy atom. The Balaban J connectivity index is 0.000000726. The van der Waals surface area contributed by atoms with Gasteiger partial charge in [-0.1, -0.05) is 88.2 Å². The first-order chi connectivity index (χ1) is 17.5. The molecule has 0 saturated heterocycles. The van der Waals surface area contributed by atoms with Crippen LogP contribution in [0, 0.1) is 20.8 Å². The molecule has 3 aromatic carbocycles. The Labute approximate surface area is 218 Å². The summed E-state index contributed by atoms with van der Waals surface area (Å²) in [6.07, 6.45) is 5.74. The summed E-state index contributed by atoms with van der Waals surface area (Å²) in [6.45, 7) is 16.9. The van der Waals surface area contributed by atoms with Gasteiger partial charge in [-0.05, 0) is 56.5 Å². The lowest BCUT2D eigenvalue weighted by Gasteiger charge is -2.20. The minimum atomic E-state index is 0.0355. The van der Waals surface area contributed by atoms with E-state index in [9.17, 15) is 0 Å². The van der Waals surface area contributed by atoms with E-state index in [0.717, 1.165) is 30.7 Å². The molecule has 0 saturated carbocycles. The van der Waals surface area contributed by atoms with Crippen LogP contribution in [0.1, 0.15) is 75.3 Å². The highest BCUT2D eigenvalue weighted by molar-refractivity contribution is 5.83. The molecule has 0 unspecified atom stereocenters. The van der Waals surface area contributed by atoms with Crippen molar-refractivity contribution in [3.63, 3.8) is 0 Å². The number of aryl methyl sites for hydroxylation is 4. The SMILES string of the molecule is CC.CC.CC[C@]12CCc3cc(C)cc(c31)-c1c(-c3cc(C)cc(C)c3)nc(-c3ccccc3)c[n+]12. The molecular weight excluding hydrogens is 436 g/mol. The van der Waals surface area contributed by atoms with Gasteiger partial charge in [0, 0.05) is 29.5 Å². The van der Waals surface area contributed by atoms with Gasteiger partial charge in [0.15, 0.2) is 11.7 Å². The molecule has 2 aliphatic rings. The van der Waals surface area contributed by atoms with E-state index >= 15 is 0 Å². The first-order valence-corrected chi connectivity index (χ1v) is 13.8. The summed E-state index contributed by atoms with van der Waals surface area (Å²) in [6, 6.07) is 22.3. The average Bonchev–Trinajstić information content (AvgIpc) is 3.42. The predicted molar refractivity (Wildman–Crippen MR) is 153 cm³/mol. The fraction of sp³-hybridized carbons (Fsp3) is 0.353. The zero-order chi connectivity index (χ0) is 26.0. The van der Waals surface area contributed by atoms with Crippen LogP contribution in [0.2, 0.25) is 0 Å². The van der Waals surface area contributed by atoms with Crippen molar-refractivity contribution in [2.24, 2.45) is 0 Å². The molecule has 0 N–H and O–H groups in total. The molecule has 2 heterocycles. The van der Waals surface area contributed by atoms with Crippen molar-refractivity contribution < 1.29 is 4.57 Å². The van der Waals surface area contributed by atoms with Gasteiger partial charge in [0.25, 0.3) is 0 Å². The summed E-state index contributed by atoms with van der Waals surface area (Å²) in [5.74, 6) is 0. The van der Waals surface area contributed by atoms with E-state index in [-0.39, 0.29) is 5.54 Å². The molecule has 0 amide bonds. The van der Waals surface area contributed by atoms with Crippen molar-refractivity contribution in [2.45, 2.75) is 80.2 Å². The van der Waals surface area contributed by atoms with Crippen LogP contribution < -0.4 is 4.57 Å². The minimum Gasteiger partial charge on any atom is -0.234 e. The Morgan fingerprint density at radius 2 is 1.44 bits per heavy atom. The number of rotatable bonds is 3. The molecule has 186 valence electrons. The largest absolute Gasteiger partial charge is 0.240 e. The third-order valence-electron chi connectivity index (χ3n) is 7.45. The van der Waals surface area contributed by atoms with E-state index in [1.54, 1.807) is 5.56 Å². The van der Waals surface area contributed by atoms with E-state index in [1.165, 1.54) is 44.6 Å². The number of hydrogen-bond donors (Lipinski definition) is 0. The van der Waals surface area contributed by atoms with Crippen molar-refractivity contribution in [3.05, 3.63) is 94.7 Å². The maximum absolute atomic E-state index is 5.33. The molecule has 0 radical (unpaired) electrons. The highest BCUT2D eigenvalue weighted by atomic mass is 15.1. The van der Waals surface area contributed by atoms with E-state index < -0.39 is 0 Å². The van der Waals surface area contributed by atoms with Crippen molar-refractivity contribution >= 4 is 0 Å². The average molecular weight is 478 g/mol. The first kappa shape index (κ1) is 25.8. The Kier molecular flexibility index (Phi) is 7.45. The van der Waals surface area contributed by atoms with Gasteiger partial charge in [0.2, 0.25) is 5.69 Å². The lowest BCUT2D eigenvalue weighted by atomic mass is 9.88. The molecule has 4 aromatic rings. The number of hydrogen-bond acceptors (Lipinski definition) is 1. The lowest BCUT2D eigenvalue weighted by molar-refractivity contribution is -0.738. The topological polar surface area (TPSA) is 16.8 Å². The third kappa shape index (κ3) is 4.07. The zero-order valence-corrected chi connectivity index (χ0v) is 23.4. The quantitative estimate of drug-likeness (QED) is 0.269. The summed E-state index contributed by atoms with van der Waals surface area (Å²) in [7, 11) is 0. The normalized spacial score (nSPS) is 16.3. The third-order valence-corrected chi connectivity index (χ3v) is 7.45. The van der Waals surface area contributed by atoms with Crippen molar-refractivity contribution in [1.29, 1.82) is 0 Å². The van der Waals surface area contributed by atoms with Crippen molar-refractivity contribution in [2.75, 3.05) is 0 Å². The maximum Gasteiger partial charge on any atom is 0.240 e. The molecule has 0 bridgehead atoms. The van der Waals surface area contributed by atoms with Crippen LogP contribution in [0.15, 0.2) is 66.9 Å². The van der Waals surface area contributed by atoms with Crippen LogP contribution in [-0.2, 0) is 12.0 Å². The summed E-state index contributed by atoms with van der Waals surface area (Å²) in [5, 5.41) is 0. The van der Waals surface area contributed by atoms with Gasteiger partial charge < -0.3 is 0 Å². The molecule has 1 aliphatic carbocycles. The van der Waals surface area contributed by atoms with E-state index in [4.69, 9.17) is 4.98 Å². The van der Waals surface area contributed by atoms with Gasteiger partial charge in [-0.3, -0.25) is 0 Å². The zero-order valence-electron chi connectivity index (χ0n) is 23.4. The van der Waals surface area contributed by atoms with E-state index in [1.807, 2.05) is 27.7 Å². The highest BCUT2D eigenvalue weighted by Gasteiger charge is 2.55. The fourth-order valence-corrected chi connectivity index (χ4v) is 6.18. The summed E-state index contributed by atoms with van der Waals surface area (Å²) in [5.41, 5.74) is 14.2. The fourth-order valence-electron chi connectivity index (χ4n) is 6.18. The Morgan fingerprint density at radius 1 is 0.806 bits per heavy atom. The molecule has 6 rings (SSSR count). The van der Waals surface area contributed by atoms with Crippen LogP contribution in [-0.4, -0.2) is 4.98 Å². The number of aromatic nitrogens is 2.